The number of aliphatic carboxylic acids is 1. The zero-order chi connectivity index (χ0) is 13.7. The van der Waals surface area contributed by atoms with Crippen LogP contribution in [0.1, 0.15) is 25.7 Å². The Bertz CT molecular complexity index is 329. The van der Waals surface area contributed by atoms with Crippen molar-refractivity contribution in [2.75, 3.05) is 45.8 Å². The molecule has 0 spiro atoms. The molecular formula is C13H23N3O3. The molecule has 0 radical (unpaired) electrons. The molecule has 0 aromatic rings. The van der Waals surface area contributed by atoms with E-state index in [9.17, 15) is 9.59 Å². The van der Waals surface area contributed by atoms with Crippen LogP contribution in [0, 0.1) is 0 Å². The van der Waals surface area contributed by atoms with Gasteiger partial charge in [-0.05, 0) is 25.7 Å². The van der Waals surface area contributed by atoms with Gasteiger partial charge in [-0.3, -0.25) is 9.69 Å². The molecule has 6 heteroatoms. The third-order valence-corrected chi connectivity index (χ3v) is 3.84. The molecule has 1 N–H and O–H groups in total. The van der Waals surface area contributed by atoms with Crippen molar-refractivity contribution in [1.82, 2.24) is 14.7 Å². The van der Waals surface area contributed by atoms with Crippen molar-refractivity contribution in [3.05, 3.63) is 0 Å². The zero-order valence-electron chi connectivity index (χ0n) is 11.4. The van der Waals surface area contributed by atoms with Gasteiger partial charge in [0.25, 0.3) is 0 Å². The third kappa shape index (κ3) is 4.09. The van der Waals surface area contributed by atoms with Gasteiger partial charge in [-0.25, -0.2) is 4.79 Å². The minimum absolute atomic E-state index is 0.0751. The minimum atomic E-state index is -0.796. The predicted octanol–water partition coefficient (Wildman–Crippen LogP) is 0.685. The van der Waals surface area contributed by atoms with E-state index in [1.54, 1.807) is 0 Å². The number of nitrogens with zero attached hydrogens (tertiary/aromatic N) is 3. The molecule has 0 aliphatic carbocycles. The van der Waals surface area contributed by atoms with Gasteiger partial charge in [0.05, 0.1) is 6.54 Å². The Morgan fingerprint density at radius 2 is 1.42 bits per heavy atom. The lowest BCUT2D eigenvalue weighted by Crippen LogP contribution is -2.46. The number of rotatable bonds is 2. The Labute approximate surface area is 114 Å². The molecule has 0 aromatic heterocycles. The summed E-state index contributed by atoms with van der Waals surface area (Å²) in [6.45, 7) is 4.62. The first-order valence-corrected chi connectivity index (χ1v) is 7.15. The van der Waals surface area contributed by atoms with Gasteiger partial charge in [0.15, 0.2) is 0 Å². The van der Waals surface area contributed by atoms with Crippen molar-refractivity contribution in [2.45, 2.75) is 25.7 Å². The highest BCUT2D eigenvalue weighted by Crippen LogP contribution is 2.13. The van der Waals surface area contributed by atoms with Crippen molar-refractivity contribution in [3.63, 3.8) is 0 Å². The van der Waals surface area contributed by atoms with Crippen LogP contribution in [0.4, 0.5) is 4.79 Å². The number of hydrogen-bond donors (Lipinski definition) is 1. The standard InChI is InChI=1S/C13H23N3O3/c17-12(18)11-14-5-4-8-16(10-9-14)13(19)15-6-2-1-3-7-15/h1-11H2,(H,17,18). The number of urea groups is 1. The summed E-state index contributed by atoms with van der Waals surface area (Å²) in [5, 5.41) is 8.81. The van der Waals surface area contributed by atoms with Crippen LogP contribution in [0.25, 0.3) is 0 Å². The van der Waals surface area contributed by atoms with E-state index in [0.29, 0.717) is 13.1 Å². The Morgan fingerprint density at radius 3 is 2.11 bits per heavy atom. The van der Waals surface area contributed by atoms with E-state index in [1.807, 2.05) is 14.7 Å². The highest BCUT2D eigenvalue weighted by Gasteiger charge is 2.25. The van der Waals surface area contributed by atoms with E-state index < -0.39 is 5.97 Å². The first-order chi connectivity index (χ1) is 9.16. The molecule has 2 fully saturated rings. The molecule has 0 atom stereocenters. The maximum atomic E-state index is 12.4. The van der Waals surface area contributed by atoms with Gasteiger partial charge in [-0.1, -0.05) is 0 Å². The molecule has 0 bridgehead atoms. The van der Waals surface area contributed by atoms with E-state index >= 15 is 0 Å². The van der Waals surface area contributed by atoms with Gasteiger partial charge in [-0.15, -0.1) is 0 Å². The minimum Gasteiger partial charge on any atom is -0.480 e. The van der Waals surface area contributed by atoms with Gasteiger partial charge < -0.3 is 14.9 Å². The topological polar surface area (TPSA) is 64.1 Å². The van der Waals surface area contributed by atoms with E-state index in [-0.39, 0.29) is 12.6 Å². The average Bonchev–Trinajstić information content (AvgIpc) is 2.64. The second kappa shape index (κ2) is 6.75. The SMILES string of the molecule is O=C(O)CN1CCCN(C(=O)N2CCCCC2)CC1. The lowest BCUT2D eigenvalue weighted by molar-refractivity contribution is -0.138. The van der Waals surface area contributed by atoms with Crippen LogP contribution in [0.2, 0.25) is 0 Å². The number of carboxylic acid groups (broad SMARTS) is 1. The van der Waals surface area contributed by atoms with Crippen LogP contribution in [-0.4, -0.2) is 77.6 Å². The van der Waals surface area contributed by atoms with Crippen LogP contribution in [-0.2, 0) is 4.79 Å². The fourth-order valence-electron chi connectivity index (χ4n) is 2.80. The van der Waals surface area contributed by atoms with Crippen LogP contribution in [0.15, 0.2) is 0 Å². The van der Waals surface area contributed by atoms with Crippen molar-refractivity contribution in [2.24, 2.45) is 0 Å². The largest absolute Gasteiger partial charge is 0.480 e. The summed E-state index contributed by atoms with van der Waals surface area (Å²) in [5.74, 6) is -0.796. The summed E-state index contributed by atoms with van der Waals surface area (Å²) in [6, 6.07) is 0.136. The van der Waals surface area contributed by atoms with E-state index in [2.05, 4.69) is 0 Å². The molecule has 2 saturated heterocycles. The van der Waals surface area contributed by atoms with Gasteiger partial charge >= 0.3 is 12.0 Å². The van der Waals surface area contributed by atoms with Crippen molar-refractivity contribution in [1.29, 1.82) is 0 Å². The number of carboxylic acids is 1. The average molecular weight is 269 g/mol. The Kier molecular flexibility index (Phi) is 5.01. The molecule has 19 heavy (non-hydrogen) atoms. The molecule has 2 rings (SSSR count). The van der Waals surface area contributed by atoms with Gasteiger partial charge in [0.2, 0.25) is 0 Å². The highest BCUT2D eigenvalue weighted by atomic mass is 16.4. The highest BCUT2D eigenvalue weighted by molar-refractivity contribution is 5.74. The quantitative estimate of drug-likeness (QED) is 0.801. The van der Waals surface area contributed by atoms with Gasteiger partial charge in [0.1, 0.15) is 0 Å². The maximum absolute atomic E-state index is 12.4. The molecule has 2 aliphatic heterocycles. The first-order valence-electron chi connectivity index (χ1n) is 7.15. The smallest absolute Gasteiger partial charge is 0.320 e. The summed E-state index contributed by atoms with van der Waals surface area (Å²) >= 11 is 0. The molecule has 0 unspecified atom stereocenters. The summed E-state index contributed by atoms with van der Waals surface area (Å²) < 4.78 is 0. The zero-order valence-corrected chi connectivity index (χ0v) is 11.4. The normalized spacial score (nSPS) is 22.1. The van der Waals surface area contributed by atoms with Crippen molar-refractivity contribution in [3.8, 4) is 0 Å². The van der Waals surface area contributed by atoms with Gasteiger partial charge in [0, 0.05) is 39.3 Å². The predicted molar refractivity (Wildman–Crippen MR) is 71.1 cm³/mol. The lowest BCUT2D eigenvalue weighted by Gasteiger charge is -2.32. The van der Waals surface area contributed by atoms with Crippen LogP contribution < -0.4 is 0 Å². The van der Waals surface area contributed by atoms with Crippen LogP contribution in [0.5, 0.6) is 0 Å². The molecule has 2 heterocycles. The fourth-order valence-corrected chi connectivity index (χ4v) is 2.80. The molecule has 0 aromatic carbocycles. The molecular weight excluding hydrogens is 246 g/mol. The third-order valence-electron chi connectivity index (χ3n) is 3.84. The second-order valence-electron chi connectivity index (χ2n) is 5.34. The lowest BCUT2D eigenvalue weighted by atomic mass is 10.1. The number of likely N-dealkylation sites (tertiary alicyclic amines) is 1. The molecule has 108 valence electrons. The number of carbonyl (C=O) groups excluding carboxylic acids is 1. The molecule has 2 aliphatic rings. The molecule has 0 saturated carbocycles. The Hall–Kier alpha value is -1.30. The van der Waals surface area contributed by atoms with E-state index in [4.69, 9.17) is 5.11 Å². The maximum Gasteiger partial charge on any atom is 0.320 e. The van der Waals surface area contributed by atoms with E-state index in [1.165, 1.54) is 6.42 Å². The summed E-state index contributed by atoms with van der Waals surface area (Å²) in [7, 11) is 0. The molecule has 2 amide bonds. The fraction of sp³-hybridized carbons (Fsp3) is 0.846. The van der Waals surface area contributed by atoms with Crippen LogP contribution in [0.3, 0.4) is 0 Å². The first kappa shape index (κ1) is 14.1. The Morgan fingerprint density at radius 1 is 0.789 bits per heavy atom. The van der Waals surface area contributed by atoms with E-state index in [0.717, 1.165) is 45.4 Å². The number of hydrogen-bond acceptors (Lipinski definition) is 3. The van der Waals surface area contributed by atoms with Gasteiger partial charge in [-0.2, -0.15) is 0 Å². The number of carbonyl (C=O) groups is 2. The number of amides is 2. The second-order valence-corrected chi connectivity index (χ2v) is 5.34. The van der Waals surface area contributed by atoms with Crippen LogP contribution >= 0.6 is 0 Å². The summed E-state index contributed by atoms with van der Waals surface area (Å²) in [5.41, 5.74) is 0. The van der Waals surface area contributed by atoms with Crippen molar-refractivity contribution < 1.29 is 14.7 Å². The summed E-state index contributed by atoms with van der Waals surface area (Å²) in [4.78, 5) is 28.8. The summed E-state index contributed by atoms with van der Waals surface area (Å²) in [6.07, 6.45) is 4.28. The monoisotopic (exact) mass is 269 g/mol. The Balaban J connectivity index is 1.84. The molecule has 6 nitrogen and oxygen atoms in total. The van der Waals surface area contributed by atoms with Crippen molar-refractivity contribution >= 4 is 12.0 Å². The number of piperidine rings is 1.